The van der Waals surface area contributed by atoms with Crippen molar-refractivity contribution in [2.45, 2.75) is 6.61 Å². The minimum Gasteiger partial charge on any atom is -0.390 e. The predicted octanol–water partition coefficient (Wildman–Crippen LogP) is 5.43. The number of nitrogens with zero attached hydrogens (tertiary/aromatic N) is 1. The van der Waals surface area contributed by atoms with Gasteiger partial charge in [0.15, 0.2) is 0 Å². The quantitative estimate of drug-likeness (QED) is 0.453. The zero-order chi connectivity index (χ0) is 15.9. The van der Waals surface area contributed by atoms with Crippen molar-refractivity contribution in [3.05, 3.63) is 95.0 Å². The molecular weight excluding hydrogens is 306 g/mol. The van der Waals surface area contributed by atoms with Crippen molar-refractivity contribution >= 4 is 17.8 Å². The van der Waals surface area contributed by atoms with Crippen LogP contribution in [-0.2, 0) is 11.4 Å². The van der Waals surface area contributed by atoms with E-state index in [0.717, 1.165) is 11.1 Å². The fourth-order valence-electron chi connectivity index (χ4n) is 2.17. The summed E-state index contributed by atoms with van der Waals surface area (Å²) in [4.78, 5) is 5.28. The first-order valence-electron chi connectivity index (χ1n) is 7.29. The second-order valence-electron chi connectivity index (χ2n) is 5.05. The molecule has 0 spiro atoms. The molecule has 0 saturated carbocycles. The predicted molar refractivity (Wildman–Crippen MR) is 94.7 cm³/mol. The topological polar surface area (TPSA) is 21.6 Å². The Morgan fingerprint density at radius 2 is 1.57 bits per heavy atom. The molecule has 113 valence electrons. The maximum absolute atomic E-state index is 5.90. The van der Waals surface area contributed by atoms with Crippen molar-refractivity contribution in [1.29, 1.82) is 0 Å². The molecule has 0 atom stereocenters. The standard InChI is InChI=1S/C20H15ClNO/c21-20-8-4-5-17(13-20)14-22-23-15-16-9-11-19(12-10-16)18-6-2-1-3-7-18/h1-13H,15H2. The molecule has 23 heavy (non-hydrogen) atoms. The Balaban J connectivity index is 1.57. The van der Waals surface area contributed by atoms with E-state index in [2.05, 4.69) is 35.6 Å². The van der Waals surface area contributed by atoms with Crippen LogP contribution in [0.3, 0.4) is 0 Å². The molecule has 3 aromatic carbocycles. The highest BCUT2D eigenvalue weighted by molar-refractivity contribution is 6.30. The van der Waals surface area contributed by atoms with Gasteiger partial charge in [-0.2, -0.15) is 0 Å². The van der Waals surface area contributed by atoms with E-state index in [1.165, 1.54) is 11.1 Å². The van der Waals surface area contributed by atoms with Crippen molar-refractivity contribution in [3.63, 3.8) is 0 Å². The normalized spacial score (nSPS) is 10.8. The van der Waals surface area contributed by atoms with Gasteiger partial charge in [-0.25, -0.2) is 0 Å². The minimum absolute atomic E-state index is 0.405. The third kappa shape index (κ3) is 4.44. The summed E-state index contributed by atoms with van der Waals surface area (Å²) in [6.07, 6.45) is 2.81. The fourth-order valence-corrected chi connectivity index (χ4v) is 2.36. The van der Waals surface area contributed by atoms with Gasteiger partial charge in [0.25, 0.3) is 0 Å². The van der Waals surface area contributed by atoms with Gasteiger partial charge >= 0.3 is 0 Å². The summed E-state index contributed by atoms with van der Waals surface area (Å²) in [7, 11) is 0. The van der Waals surface area contributed by atoms with Crippen molar-refractivity contribution in [2.24, 2.45) is 5.16 Å². The second-order valence-corrected chi connectivity index (χ2v) is 5.49. The first kappa shape index (κ1) is 15.3. The van der Waals surface area contributed by atoms with E-state index in [0.29, 0.717) is 11.6 Å². The van der Waals surface area contributed by atoms with Crippen LogP contribution in [0.1, 0.15) is 11.1 Å². The highest BCUT2D eigenvalue weighted by Gasteiger charge is 1.98. The first-order valence-corrected chi connectivity index (χ1v) is 7.67. The summed E-state index contributed by atoms with van der Waals surface area (Å²) in [5.41, 5.74) is 4.23. The Kier molecular flexibility index (Phi) is 5.07. The van der Waals surface area contributed by atoms with Gasteiger partial charge in [-0.1, -0.05) is 83.5 Å². The van der Waals surface area contributed by atoms with E-state index in [9.17, 15) is 0 Å². The molecule has 0 N–H and O–H groups in total. The Hall–Kier alpha value is -2.58. The zero-order valence-corrected chi connectivity index (χ0v) is 13.2. The molecule has 3 heteroatoms. The van der Waals surface area contributed by atoms with E-state index >= 15 is 0 Å². The summed E-state index contributed by atoms with van der Waals surface area (Å²) in [5.74, 6) is 0. The van der Waals surface area contributed by atoms with Crippen LogP contribution in [0.2, 0.25) is 5.02 Å². The zero-order valence-electron chi connectivity index (χ0n) is 12.4. The summed E-state index contributed by atoms with van der Waals surface area (Å²) >= 11 is 5.90. The van der Waals surface area contributed by atoms with E-state index in [-0.39, 0.29) is 0 Å². The van der Waals surface area contributed by atoms with E-state index in [4.69, 9.17) is 16.4 Å². The number of benzene rings is 3. The molecule has 2 nitrogen and oxygen atoms in total. The van der Waals surface area contributed by atoms with Gasteiger partial charge in [-0.15, -0.1) is 0 Å². The van der Waals surface area contributed by atoms with Gasteiger partial charge in [-0.3, -0.25) is 0 Å². The number of rotatable bonds is 5. The molecule has 0 saturated heterocycles. The van der Waals surface area contributed by atoms with Crippen LogP contribution < -0.4 is 0 Å². The summed E-state index contributed by atoms with van der Waals surface area (Å²) < 4.78 is 0. The molecule has 0 amide bonds. The third-order valence-corrected chi connectivity index (χ3v) is 3.59. The van der Waals surface area contributed by atoms with Crippen LogP contribution in [0, 0.1) is 0 Å². The van der Waals surface area contributed by atoms with Crippen molar-refractivity contribution < 1.29 is 4.84 Å². The summed E-state index contributed by atoms with van der Waals surface area (Å²) in [5, 5.41) is 4.50. The molecule has 1 radical (unpaired) electrons. The van der Waals surface area contributed by atoms with Gasteiger partial charge < -0.3 is 4.84 Å². The SMILES string of the molecule is Clc1cccc(/[C]=N\OCc2ccc(-c3ccccc3)cc2)c1. The van der Waals surface area contributed by atoms with Crippen molar-refractivity contribution in [3.8, 4) is 11.1 Å². The molecule has 0 aliphatic heterocycles. The largest absolute Gasteiger partial charge is 0.390 e. The maximum atomic E-state index is 5.90. The monoisotopic (exact) mass is 320 g/mol. The van der Waals surface area contributed by atoms with Gasteiger partial charge in [0, 0.05) is 10.6 Å². The summed E-state index contributed by atoms with van der Waals surface area (Å²) in [6.45, 7) is 0.405. The molecule has 0 fully saturated rings. The molecule has 0 aliphatic rings. The van der Waals surface area contributed by atoms with Crippen LogP contribution in [-0.4, -0.2) is 6.21 Å². The second kappa shape index (κ2) is 7.61. The number of hydrogen-bond donors (Lipinski definition) is 0. The smallest absolute Gasteiger partial charge is 0.142 e. The molecular formula is C20H15ClNO. The lowest BCUT2D eigenvalue weighted by Gasteiger charge is -2.03. The Bertz CT molecular complexity index is 782. The lowest BCUT2D eigenvalue weighted by Crippen LogP contribution is -1.88. The molecule has 3 rings (SSSR count). The van der Waals surface area contributed by atoms with Crippen LogP contribution in [0.25, 0.3) is 11.1 Å². The third-order valence-electron chi connectivity index (χ3n) is 3.36. The molecule has 0 heterocycles. The fraction of sp³-hybridized carbons (Fsp3) is 0.0500. The minimum atomic E-state index is 0.405. The van der Waals surface area contributed by atoms with Gasteiger partial charge in [0.2, 0.25) is 0 Å². The molecule has 0 aromatic heterocycles. The molecule has 0 aliphatic carbocycles. The van der Waals surface area contributed by atoms with Gasteiger partial charge in [0.05, 0.1) is 0 Å². The average Bonchev–Trinajstić information content (AvgIpc) is 2.60. The van der Waals surface area contributed by atoms with Crippen molar-refractivity contribution in [2.75, 3.05) is 0 Å². The average molecular weight is 321 g/mol. The maximum Gasteiger partial charge on any atom is 0.142 e. The van der Waals surface area contributed by atoms with Crippen molar-refractivity contribution in [1.82, 2.24) is 0 Å². The van der Waals surface area contributed by atoms with Crippen LogP contribution in [0.4, 0.5) is 0 Å². The highest BCUT2D eigenvalue weighted by atomic mass is 35.5. The van der Waals surface area contributed by atoms with Gasteiger partial charge in [-0.05, 0) is 28.8 Å². The van der Waals surface area contributed by atoms with Crippen LogP contribution in [0.15, 0.2) is 84.0 Å². The Morgan fingerprint density at radius 3 is 2.30 bits per heavy atom. The number of hydrogen-bond acceptors (Lipinski definition) is 2. The molecule has 0 unspecified atom stereocenters. The highest BCUT2D eigenvalue weighted by Crippen LogP contribution is 2.19. The lowest BCUT2D eigenvalue weighted by molar-refractivity contribution is 0.132. The Morgan fingerprint density at radius 1 is 0.826 bits per heavy atom. The van der Waals surface area contributed by atoms with E-state index in [1.807, 2.05) is 48.5 Å². The lowest BCUT2D eigenvalue weighted by atomic mass is 10.0. The summed E-state index contributed by atoms with van der Waals surface area (Å²) in [6, 6.07) is 25.8. The van der Waals surface area contributed by atoms with Crippen LogP contribution in [0.5, 0.6) is 0 Å². The molecule has 0 bridgehead atoms. The first-order chi connectivity index (χ1) is 11.3. The van der Waals surface area contributed by atoms with E-state index < -0.39 is 0 Å². The van der Waals surface area contributed by atoms with Crippen LogP contribution >= 0.6 is 11.6 Å². The van der Waals surface area contributed by atoms with Gasteiger partial charge in [0.1, 0.15) is 12.8 Å². The van der Waals surface area contributed by atoms with E-state index in [1.54, 1.807) is 6.07 Å². The molecule has 3 aromatic rings. The Labute approximate surface area is 141 Å². The number of halogens is 1.